The van der Waals surface area contributed by atoms with Crippen LogP contribution in [0.25, 0.3) is 22.3 Å². The van der Waals surface area contributed by atoms with Crippen molar-refractivity contribution in [3.8, 4) is 11.3 Å². The fraction of sp³-hybridized carbons (Fsp3) is 0.176. The second-order valence-electron chi connectivity index (χ2n) is 5.33. The van der Waals surface area contributed by atoms with Crippen LogP contribution < -0.4 is 10.6 Å². The number of hydrogen-bond donors (Lipinski definition) is 4. The molecule has 0 saturated carbocycles. The Morgan fingerprint density at radius 1 is 1.28 bits per heavy atom. The second-order valence-corrected chi connectivity index (χ2v) is 5.33. The first-order chi connectivity index (χ1) is 12.1. The van der Waals surface area contributed by atoms with Gasteiger partial charge in [-0.15, -0.1) is 0 Å². The van der Waals surface area contributed by atoms with Crippen molar-refractivity contribution in [2.24, 2.45) is 0 Å². The normalized spacial score (nSPS) is 10.6. The van der Waals surface area contributed by atoms with E-state index in [1.165, 1.54) is 0 Å². The Balaban J connectivity index is 2.05. The average Bonchev–Trinajstić information content (AvgIpc) is 3.08. The molecular formula is C17H17N5O3. The van der Waals surface area contributed by atoms with Crippen molar-refractivity contribution < 1.29 is 14.7 Å². The van der Waals surface area contributed by atoms with E-state index in [0.29, 0.717) is 29.3 Å². The van der Waals surface area contributed by atoms with Crippen LogP contribution in [0.1, 0.15) is 17.3 Å². The van der Waals surface area contributed by atoms with Crippen LogP contribution in [0.3, 0.4) is 0 Å². The molecule has 0 spiro atoms. The summed E-state index contributed by atoms with van der Waals surface area (Å²) in [5, 5.41) is 15.2. The van der Waals surface area contributed by atoms with Crippen molar-refractivity contribution in [1.82, 2.24) is 20.3 Å². The van der Waals surface area contributed by atoms with Gasteiger partial charge < -0.3 is 20.7 Å². The molecule has 0 fully saturated rings. The summed E-state index contributed by atoms with van der Waals surface area (Å²) in [6, 6.07) is 6.93. The van der Waals surface area contributed by atoms with Crippen molar-refractivity contribution >= 4 is 28.7 Å². The molecule has 0 aromatic carbocycles. The van der Waals surface area contributed by atoms with E-state index in [4.69, 9.17) is 5.11 Å². The highest BCUT2D eigenvalue weighted by Gasteiger charge is 2.13. The molecule has 3 heterocycles. The number of aliphatic carboxylic acids is 1. The maximum atomic E-state index is 12.1. The van der Waals surface area contributed by atoms with Crippen LogP contribution >= 0.6 is 0 Å². The van der Waals surface area contributed by atoms with Gasteiger partial charge in [-0.3, -0.25) is 14.6 Å². The highest BCUT2D eigenvalue weighted by Crippen LogP contribution is 2.29. The van der Waals surface area contributed by atoms with Gasteiger partial charge in [-0.1, -0.05) is 0 Å². The molecule has 0 unspecified atom stereocenters. The SMILES string of the molecule is CCNC(=O)c1ccnc(-c2cc(NCC(=O)O)nc3[nH]ccc23)c1. The molecule has 0 aliphatic heterocycles. The predicted octanol–water partition coefficient (Wildman–Crippen LogP) is 1.87. The molecule has 3 aromatic heterocycles. The van der Waals surface area contributed by atoms with Gasteiger partial charge in [0.25, 0.3) is 5.91 Å². The summed E-state index contributed by atoms with van der Waals surface area (Å²) in [7, 11) is 0. The summed E-state index contributed by atoms with van der Waals surface area (Å²) >= 11 is 0. The smallest absolute Gasteiger partial charge is 0.322 e. The van der Waals surface area contributed by atoms with E-state index in [-0.39, 0.29) is 12.5 Å². The molecule has 1 amide bonds. The van der Waals surface area contributed by atoms with Crippen molar-refractivity contribution in [2.75, 3.05) is 18.4 Å². The first kappa shape index (κ1) is 16.4. The lowest BCUT2D eigenvalue weighted by Crippen LogP contribution is -2.22. The molecule has 0 bridgehead atoms. The third-order valence-electron chi connectivity index (χ3n) is 3.58. The Labute approximate surface area is 143 Å². The van der Waals surface area contributed by atoms with Crippen LogP contribution in [0, 0.1) is 0 Å². The second kappa shape index (κ2) is 7.00. The molecule has 0 saturated heterocycles. The number of anilines is 1. The van der Waals surface area contributed by atoms with E-state index < -0.39 is 5.97 Å². The van der Waals surface area contributed by atoms with Crippen molar-refractivity contribution in [3.63, 3.8) is 0 Å². The number of carbonyl (C=O) groups is 2. The lowest BCUT2D eigenvalue weighted by atomic mass is 10.1. The van der Waals surface area contributed by atoms with Crippen molar-refractivity contribution in [1.29, 1.82) is 0 Å². The molecule has 3 aromatic rings. The molecule has 0 aliphatic rings. The summed E-state index contributed by atoms with van der Waals surface area (Å²) in [4.78, 5) is 34.5. The molecule has 0 radical (unpaired) electrons. The summed E-state index contributed by atoms with van der Waals surface area (Å²) in [6.07, 6.45) is 3.32. The number of hydrogen-bond acceptors (Lipinski definition) is 5. The number of carboxylic acid groups (broad SMARTS) is 1. The Kier molecular flexibility index (Phi) is 4.60. The highest BCUT2D eigenvalue weighted by atomic mass is 16.4. The Morgan fingerprint density at radius 2 is 2.12 bits per heavy atom. The van der Waals surface area contributed by atoms with Crippen LogP contribution in [0.5, 0.6) is 0 Å². The Bertz CT molecular complexity index is 935. The Morgan fingerprint density at radius 3 is 2.88 bits per heavy atom. The lowest BCUT2D eigenvalue weighted by Gasteiger charge is -2.09. The van der Waals surface area contributed by atoms with Gasteiger partial charge in [0.05, 0.1) is 5.69 Å². The Hall–Kier alpha value is -3.42. The molecular weight excluding hydrogens is 322 g/mol. The zero-order valence-corrected chi connectivity index (χ0v) is 13.5. The van der Waals surface area contributed by atoms with E-state index in [2.05, 4.69) is 25.6 Å². The summed E-state index contributed by atoms with van der Waals surface area (Å²) < 4.78 is 0. The molecule has 128 valence electrons. The molecule has 0 aliphatic carbocycles. The number of carboxylic acids is 1. The predicted molar refractivity (Wildman–Crippen MR) is 93.5 cm³/mol. The molecule has 3 rings (SSSR count). The third-order valence-corrected chi connectivity index (χ3v) is 3.58. The lowest BCUT2D eigenvalue weighted by molar-refractivity contribution is -0.134. The number of fused-ring (bicyclic) bond motifs is 1. The summed E-state index contributed by atoms with van der Waals surface area (Å²) in [5.74, 6) is -0.737. The quantitative estimate of drug-likeness (QED) is 0.544. The van der Waals surface area contributed by atoms with E-state index in [1.54, 1.807) is 30.6 Å². The van der Waals surface area contributed by atoms with E-state index in [0.717, 1.165) is 10.9 Å². The minimum absolute atomic E-state index is 0.172. The molecule has 0 atom stereocenters. The van der Waals surface area contributed by atoms with Crippen LogP contribution in [-0.4, -0.2) is 45.0 Å². The number of aromatic nitrogens is 3. The van der Waals surface area contributed by atoms with Gasteiger partial charge in [-0.25, -0.2) is 4.98 Å². The van der Waals surface area contributed by atoms with Crippen LogP contribution in [-0.2, 0) is 4.79 Å². The van der Waals surface area contributed by atoms with Gasteiger partial charge in [0.1, 0.15) is 18.0 Å². The first-order valence-electron chi connectivity index (χ1n) is 7.77. The average molecular weight is 339 g/mol. The number of rotatable bonds is 6. The summed E-state index contributed by atoms with van der Waals surface area (Å²) in [5.41, 5.74) is 2.47. The minimum Gasteiger partial charge on any atom is -0.480 e. The largest absolute Gasteiger partial charge is 0.480 e. The number of amides is 1. The fourth-order valence-corrected chi connectivity index (χ4v) is 2.49. The maximum absolute atomic E-state index is 12.1. The van der Waals surface area contributed by atoms with Crippen LogP contribution in [0.15, 0.2) is 36.7 Å². The molecule has 4 N–H and O–H groups in total. The van der Waals surface area contributed by atoms with E-state index >= 15 is 0 Å². The van der Waals surface area contributed by atoms with Gasteiger partial charge in [-0.05, 0) is 31.2 Å². The van der Waals surface area contributed by atoms with Crippen LogP contribution in [0.4, 0.5) is 5.82 Å². The number of carbonyl (C=O) groups excluding carboxylic acids is 1. The highest BCUT2D eigenvalue weighted by molar-refractivity contribution is 5.98. The topological polar surface area (TPSA) is 120 Å². The van der Waals surface area contributed by atoms with E-state index in [1.807, 2.05) is 13.0 Å². The fourth-order valence-electron chi connectivity index (χ4n) is 2.49. The van der Waals surface area contributed by atoms with Crippen molar-refractivity contribution in [3.05, 3.63) is 42.2 Å². The third kappa shape index (κ3) is 3.57. The molecule has 25 heavy (non-hydrogen) atoms. The number of pyridine rings is 2. The number of aromatic amines is 1. The van der Waals surface area contributed by atoms with E-state index in [9.17, 15) is 9.59 Å². The van der Waals surface area contributed by atoms with Gasteiger partial charge in [-0.2, -0.15) is 0 Å². The molecule has 8 heteroatoms. The van der Waals surface area contributed by atoms with Gasteiger partial charge >= 0.3 is 5.97 Å². The van der Waals surface area contributed by atoms with Gasteiger partial charge in [0, 0.05) is 35.5 Å². The first-order valence-corrected chi connectivity index (χ1v) is 7.77. The summed E-state index contributed by atoms with van der Waals surface area (Å²) in [6.45, 7) is 2.15. The van der Waals surface area contributed by atoms with Crippen molar-refractivity contribution in [2.45, 2.75) is 6.92 Å². The standard InChI is InChI=1S/C17H17N5O3/c1-2-18-17(25)10-3-5-19-13(7-10)12-8-14(21-9-15(23)24)22-16-11(12)4-6-20-16/h3-8H,2,9H2,1H3,(H,18,25)(H,23,24)(H2,20,21,22). The maximum Gasteiger partial charge on any atom is 0.322 e. The minimum atomic E-state index is -0.980. The molecule has 8 nitrogen and oxygen atoms in total. The number of H-pyrrole nitrogens is 1. The zero-order chi connectivity index (χ0) is 17.8. The zero-order valence-electron chi connectivity index (χ0n) is 13.5. The number of nitrogens with one attached hydrogen (secondary N) is 3. The number of nitrogens with zero attached hydrogens (tertiary/aromatic N) is 2. The van der Waals surface area contributed by atoms with Gasteiger partial charge in [0.15, 0.2) is 0 Å². The monoisotopic (exact) mass is 339 g/mol. The van der Waals surface area contributed by atoms with Crippen LogP contribution in [0.2, 0.25) is 0 Å². The van der Waals surface area contributed by atoms with Gasteiger partial charge in [0.2, 0.25) is 0 Å².